The van der Waals surface area contributed by atoms with Crippen molar-refractivity contribution in [2.24, 2.45) is 5.92 Å². The fraction of sp³-hybridized carbons (Fsp3) is 1.00. The molecule has 1 aliphatic rings. The molecule has 0 aromatic carbocycles. The average Bonchev–Trinajstić information content (AvgIpc) is 2.64. The average molecular weight is 254 g/mol. The quantitative estimate of drug-likeness (QED) is 0.746. The number of hydrogen-bond acceptors (Lipinski definition) is 2. The molecule has 0 spiro atoms. The van der Waals surface area contributed by atoms with E-state index in [1.54, 1.807) is 0 Å². The van der Waals surface area contributed by atoms with Crippen LogP contribution in [-0.2, 0) is 0 Å². The van der Waals surface area contributed by atoms with Crippen molar-refractivity contribution >= 4 is 0 Å². The topological polar surface area (TPSA) is 15.3 Å². The Labute approximate surface area is 115 Å². The second kappa shape index (κ2) is 8.92. The molecule has 108 valence electrons. The van der Waals surface area contributed by atoms with Crippen molar-refractivity contribution in [1.82, 2.24) is 10.2 Å². The normalized spacial score (nSPS) is 25.7. The van der Waals surface area contributed by atoms with Crippen LogP contribution in [0.5, 0.6) is 0 Å². The van der Waals surface area contributed by atoms with Gasteiger partial charge in [-0.1, -0.05) is 27.2 Å². The molecular weight excluding hydrogens is 220 g/mol. The molecule has 2 heteroatoms. The summed E-state index contributed by atoms with van der Waals surface area (Å²) in [7, 11) is 0. The van der Waals surface area contributed by atoms with Crippen molar-refractivity contribution in [1.29, 1.82) is 0 Å². The lowest BCUT2D eigenvalue weighted by Gasteiger charge is -2.34. The van der Waals surface area contributed by atoms with Crippen molar-refractivity contribution < 1.29 is 0 Å². The predicted molar refractivity (Wildman–Crippen MR) is 81.0 cm³/mol. The van der Waals surface area contributed by atoms with Gasteiger partial charge in [-0.3, -0.25) is 4.90 Å². The molecule has 3 atom stereocenters. The molecule has 1 saturated heterocycles. The minimum absolute atomic E-state index is 0.670. The molecule has 0 amide bonds. The van der Waals surface area contributed by atoms with Crippen LogP contribution in [0.25, 0.3) is 0 Å². The fourth-order valence-corrected chi connectivity index (χ4v) is 3.24. The highest BCUT2D eigenvalue weighted by molar-refractivity contribution is 4.82. The third kappa shape index (κ3) is 4.89. The van der Waals surface area contributed by atoms with Crippen molar-refractivity contribution in [3.05, 3.63) is 0 Å². The molecule has 1 rings (SSSR count). The number of likely N-dealkylation sites (tertiary alicyclic amines) is 1. The molecule has 1 heterocycles. The number of rotatable bonds is 7. The van der Waals surface area contributed by atoms with Crippen LogP contribution in [0.4, 0.5) is 0 Å². The van der Waals surface area contributed by atoms with Crippen molar-refractivity contribution in [2.75, 3.05) is 19.6 Å². The van der Waals surface area contributed by atoms with Gasteiger partial charge in [-0.15, -0.1) is 0 Å². The number of nitrogens with zero attached hydrogens (tertiary/aromatic N) is 1. The second-order valence-electron chi connectivity index (χ2n) is 5.95. The van der Waals surface area contributed by atoms with E-state index in [0.717, 1.165) is 12.5 Å². The molecule has 1 fully saturated rings. The van der Waals surface area contributed by atoms with Gasteiger partial charge in [0.2, 0.25) is 0 Å². The van der Waals surface area contributed by atoms with Gasteiger partial charge in [0, 0.05) is 12.1 Å². The molecule has 0 aromatic rings. The molecule has 0 radical (unpaired) electrons. The lowest BCUT2D eigenvalue weighted by molar-refractivity contribution is 0.170. The maximum atomic E-state index is 3.72. The Kier molecular flexibility index (Phi) is 7.92. The monoisotopic (exact) mass is 254 g/mol. The highest BCUT2D eigenvalue weighted by Gasteiger charge is 2.24. The molecule has 0 aromatic heterocycles. The van der Waals surface area contributed by atoms with Gasteiger partial charge in [0.25, 0.3) is 0 Å². The Balaban J connectivity index is 2.45. The molecule has 3 unspecified atom stereocenters. The number of hydrogen-bond donors (Lipinski definition) is 1. The van der Waals surface area contributed by atoms with Crippen LogP contribution in [0.3, 0.4) is 0 Å². The maximum Gasteiger partial charge on any atom is 0.0220 e. The molecular formula is C16H34N2. The molecule has 18 heavy (non-hydrogen) atoms. The zero-order valence-electron chi connectivity index (χ0n) is 13.0. The summed E-state index contributed by atoms with van der Waals surface area (Å²) in [6.45, 7) is 13.1. The fourth-order valence-electron chi connectivity index (χ4n) is 3.24. The maximum absolute atomic E-state index is 3.72. The van der Waals surface area contributed by atoms with E-state index >= 15 is 0 Å². The standard InChI is InChI=1S/C16H34N2/c1-5-11-17-16(7-3)14(4)18-12-8-9-15(6-2)10-13-18/h14-17H,5-13H2,1-4H3. The summed E-state index contributed by atoms with van der Waals surface area (Å²) in [6, 6.07) is 1.36. The smallest absolute Gasteiger partial charge is 0.0220 e. The Hall–Kier alpha value is -0.0800. The third-order valence-electron chi connectivity index (χ3n) is 4.71. The lowest BCUT2D eigenvalue weighted by atomic mass is 9.98. The molecule has 0 saturated carbocycles. The molecule has 2 nitrogen and oxygen atoms in total. The second-order valence-corrected chi connectivity index (χ2v) is 5.95. The number of nitrogens with one attached hydrogen (secondary N) is 1. The van der Waals surface area contributed by atoms with Crippen LogP contribution in [0.1, 0.15) is 66.2 Å². The summed E-state index contributed by atoms with van der Waals surface area (Å²) < 4.78 is 0. The first-order valence-electron chi connectivity index (χ1n) is 8.20. The van der Waals surface area contributed by atoms with Crippen LogP contribution in [0.15, 0.2) is 0 Å². The van der Waals surface area contributed by atoms with Crippen LogP contribution in [0.2, 0.25) is 0 Å². The first-order valence-corrected chi connectivity index (χ1v) is 8.20. The molecule has 0 aliphatic carbocycles. The van der Waals surface area contributed by atoms with E-state index in [2.05, 4.69) is 37.9 Å². The predicted octanol–water partition coefficient (Wildman–Crippen LogP) is 3.67. The minimum Gasteiger partial charge on any atom is -0.312 e. The van der Waals surface area contributed by atoms with Gasteiger partial charge < -0.3 is 5.32 Å². The Morgan fingerprint density at radius 3 is 2.56 bits per heavy atom. The van der Waals surface area contributed by atoms with Crippen LogP contribution < -0.4 is 5.32 Å². The van der Waals surface area contributed by atoms with Crippen molar-refractivity contribution in [3.63, 3.8) is 0 Å². The largest absolute Gasteiger partial charge is 0.312 e. The van der Waals surface area contributed by atoms with E-state index in [4.69, 9.17) is 0 Å². The van der Waals surface area contributed by atoms with Crippen LogP contribution in [-0.4, -0.2) is 36.6 Å². The van der Waals surface area contributed by atoms with E-state index < -0.39 is 0 Å². The summed E-state index contributed by atoms with van der Waals surface area (Å²) in [5, 5.41) is 3.72. The lowest BCUT2D eigenvalue weighted by Crippen LogP contribution is -2.48. The van der Waals surface area contributed by atoms with Gasteiger partial charge in [0.1, 0.15) is 0 Å². The first kappa shape index (κ1) is 16.0. The van der Waals surface area contributed by atoms with E-state index in [-0.39, 0.29) is 0 Å². The van der Waals surface area contributed by atoms with Gasteiger partial charge in [-0.25, -0.2) is 0 Å². The van der Waals surface area contributed by atoms with Gasteiger partial charge in [-0.05, 0) is 64.6 Å². The molecule has 0 bridgehead atoms. The molecule has 1 N–H and O–H groups in total. The van der Waals surface area contributed by atoms with Crippen molar-refractivity contribution in [2.45, 2.75) is 78.3 Å². The Morgan fingerprint density at radius 2 is 1.94 bits per heavy atom. The van der Waals surface area contributed by atoms with Crippen LogP contribution in [0, 0.1) is 5.92 Å². The Morgan fingerprint density at radius 1 is 1.17 bits per heavy atom. The van der Waals surface area contributed by atoms with Crippen molar-refractivity contribution in [3.8, 4) is 0 Å². The zero-order valence-corrected chi connectivity index (χ0v) is 13.0. The van der Waals surface area contributed by atoms with Gasteiger partial charge in [0.05, 0.1) is 0 Å². The Bertz CT molecular complexity index is 205. The van der Waals surface area contributed by atoms with Gasteiger partial charge >= 0.3 is 0 Å². The van der Waals surface area contributed by atoms with Gasteiger partial charge in [0.15, 0.2) is 0 Å². The summed E-state index contributed by atoms with van der Waals surface area (Å²) in [5.41, 5.74) is 0. The minimum atomic E-state index is 0.670. The summed E-state index contributed by atoms with van der Waals surface area (Å²) in [6.07, 6.45) is 8.10. The SMILES string of the molecule is CCCNC(CC)C(C)N1CCCC(CC)CC1. The zero-order chi connectivity index (χ0) is 13.4. The highest BCUT2D eigenvalue weighted by atomic mass is 15.2. The molecule has 1 aliphatic heterocycles. The van der Waals surface area contributed by atoms with E-state index in [0.29, 0.717) is 12.1 Å². The van der Waals surface area contributed by atoms with Gasteiger partial charge in [-0.2, -0.15) is 0 Å². The third-order valence-corrected chi connectivity index (χ3v) is 4.71. The summed E-state index contributed by atoms with van der Waals surface area (Å²) in [4.78, 5) is 2.73. The van der Waals surface area contributed by atoms with E-state index in [9.17, 15) is 0 Å². The summed E-state index contributed by atoms with van der Waals surface area (Å²) in [5.74, 6) is 0.978. The first-order chi connectivity index (χ1) is 8.72. The van der Waals surface area contributed by atoms with Crippen LogP contribution >= 0.6 is 0 Å². The van der Waals surface area contributed by atoms with E-state index in [1.165, 1.54) is 51.6 Å². The summed E-state index contributed by atoms with van der Waals surface area (Å²) >= 11 is 0. The van der Waals surface area contributed by atoms with E-state index in [1.807, 2.05) is 0 Å². The highest BCUT2D eigenvalue weighted by Crippen LogP contribution is 2.22.